The molecular weight excluding hydrogens is 1470 g/mol. The van der Waals surface area contributed by atoms with Crippen molar-refractivity contribution in [1.29, 1.82) is 0 Å². The number of carboxylic acids is 1. The van der Waals surface area contributed by atoms with Gasteiger partial charge in [-0.3, -0.25) is 23.5 Å². The Morgan fingerprint density at radius 1 is 0.670 bits per heavy atom. The van der Waals surface area contributed by atoms with Gasteiger partial charge in [0.1, 0.15) is 55.0 Å². The minimum Gasteiger partial charge on any atom is -0.508 e. The topological polar surface area (TPSA) is 409 Å². The van der Waals surface area contributed by atoms with Crippen LogP contribution in [0.1, 0.15) is 44.7 Å². The van der Waals surface area contributed by atoms with Gasteiger partial charge >= 0.3 is 5.97 Å². The summed E-state index contributed by atoms with van der Waals surface area (Å²) in [4.78, 5) is 72.3. The number of carbonyl (C=O) groups excluding carboxylic acids is 2. The Balaban J connectivity index is 0.573. The summed E-state index contributed by atoms with van der Waals surface area (Å²) < 4.78 is 126. The Hall–Kier alpha value is -12.4. The van der Waals surface area contributed by atoms with E-state index < -0.39 is 48.1 Å². The van der Waals surface area contributed by atoms with Gasteiger partial charge in [0.15, 0.2) is 10.9 Å². The normalized spacial score (nSPS) is 13.4. The van der Waals surface area contributed by atoms with Gasteiger partial charge in [-0.2, -0.15) is 40.4 Å². The molecule has 1 fully saturated rings. The molecule has 2 amide bonds. The Morgan fingerprint density at radius 2 is 1.31 bits per heavy atom. The monoisotopic (exact) mass is 1530 g/mol. The highest BCUT2D eigenvalue weighted by atomic mass is 32.2. The SMILES string of the molecule is CN(c1ccc(S(=O)(=O)O)cc1)c1ccc2c(-c3ccccc3S(=O)(=O)N3CCC(C(=O)NCCOCCOn4cnc5c(OCc6ccc(CNC(=O)c7ccc(C(=O)O)c(-c8c9ccc(=O)cc-9oc9cc(O)ccc89)c7)cc6)nc(N)nc54)CC3)c3ccc(=[N+](C)c4ccc(S(=O)(=O)O)cc4)cc-3oc2c1. The van der Waals surface area contributed by atoms with Crippen molar-refractivity contribution in [3.63, 3.8) is 0 Å². The fourth-order valence-corrected chi connectivity index (χ4v) is 15.8. The summed E-state index contributed by atoms with van der Waals surface area (Å²) in [5.74, 6) is -2.06. The molecular formula is C77H67N10O19S3+. The summed E-state index contributed by atoms with van der Waals surface area (Å²) in [6.07, 6.45) is 1.87. The largest absolute Gasteiger partial charge is 0.508 e. The molecule has 0 spiro atoms. The number of aromatic nitrogens is 4. The maximum absolute atomic E-state index is 15.0. The minimum atomic E-state index is -4.45. The quantitative estimate of drug-likeness (QED) is 0.0128. The summed E-state index contributed by atoms with van der Waals surface area (Å²) in [6, 6.07) is 48.6. The van der Waals surface area contributed by atoms with Crippen LogP contribution in [-0.4, -0.2) is 140 Å². The van der Waals surface area contributed by atoms with E-state index >= 15 is 8.42 Å². The standard InChI is InChI=1S/C77H66N10O19S3/c1-84(49-12-20-55(21-13-49)108(96,97)98)51-16-25-58-64(38-51)105-65-39-52(85(2)50-14-22-56(23-15-50)109(99,100)101)17-26-59(65)69(58)62-5-3-4-6-68(62)107(94,95)86-32-29-47(30-33-86)73(90)79-31-34-102-35-36-104-87-44-81-71-72(87)82-77(78)83-75(71)103-43-46-9-7-45(8-10-46)42-80-74(91)48-11-24-57(76(92)93)63(37-48)70-60-27-18-53(88)40-66(60)106-67-41-54(89)19-28-61(67)70/h3-28,37-41,44,47H,29-36,42-43H2,1-2H3,(H7-,78,79,80,82,83,88,89,90,91,92,93,96,97,98,99,100,101)/p+1. The number of hydrogen-bond donors (Lipinski definition) is 7. The lowest BCUT2D eigenvalue weighted by Crippen LogP contribution is -2.43. The van der Waals surface area contributed by atoms with E-state index in [4.69, 9.17) is 28.9 Å². The number of amides is 2. The number of sulfonamides is 1. The summed E-state index contributed by atoms with van der Waals surface area (Å²) in [5.41, 5.74) is 12.7. The maximum atomic E-state index is 15.0. The lowest BCUT2D eigenvalue weighted by Gasteiger charge is -2.31. The third kappa shape index (κ3) is 15.5. The van der Waals surface area contributed by atoms with Gasteiger partial charge in [0.2, 0.25) is 44.5 Å². The fourth-order valence-electron chi connectivity index (χ4n) is 13.1. The molecule has 0 bridgehead atoms. The number of carbonyl (C=O) groups is 3. The molecule has 5 heterocycles. The second-order valence-electron chi connectivity index (χ2n) is 25.6. The molecule has 9 aromatic rings. The maximum Gasteiger partial charge on any atom is 0.336 e. The van der Waals surface area contributed by atoms with Gasteiger partial charge in [-0.1, -0.05) is 42.5 Å². The second kappa shape index (κ2) is 30.1. The number of ether oxygens (including phenoxy) is 2. The first-order valence-electron chi connectivity index (χ1n) is 33.9. The van der Waals surface area contributed by atoms with E-state index in [-0.39, 0.29) is 148 Å². The van der Waals surface area contributed by atoms with E-state index in [1.54, 1.807) is 90.3 Å². The molecule has 2 aliphatic carbocycles. The first kappa shape index (κ1) is 73.5. The number of benzene rings is 9. The number of hydrogen-bond acceptors (Lipinski definition) is 21. The van der Waals surface area contributed by atoms with E-state index in [1.807, 2.05) is 24.3 Å². The number of carboxylic acid groups (broad SMARTS) is 1. The van der Waals surface area contributed by atoms with Crippen LogP contribution >= 0.6 is 0 Å². The molecule has 0 atom stereocenters. The highest BCUT2D eigenvalue weighted by molar-refractivity contribution is 7.89. The smallest absolute Gasteiger partial charge is 0.336 e. The number of phenols is 1. The van der Waals surface area contributed by atoms with E-state index in [2.05, 4.69) is 25.6 Å². The first-order chi connectivity index (χ1) is 52.2. The molecule has 109 heavy (non-hydrogen) atoms. The minimum absolute atomic E-state index is 0.0222. The Kier molecular flexibility index (Phi) is 20.3. The number of aromatic hydroxyl groups is 1. The number of nitrogen functional groups attached to an aromatic ring is 1. The van der Waals surface area contributed by atoms with Crippen molar-refractivity contribution >= 4 is 104 Å². The number of aromatic carboxylic acids is 1. The second-order valence-corrected chi connectivity index (χ2v) is 30.4. The zero-order chi connectivity index (χ0) is 76.6. The van der Waals surface area contributed by atoms with Crippen LogP contribution < -0.4 is 46.2 Å². The highest BCUT2D eigenvalue weighted by Gasteiger charge is 2.35. The van der Waals surface area contributed by atoms with Crippen molar-refractivity contribution in [1.82, 2.24) is 39.2 Å². The van der Waals surface area contributed by atoms with Gasteiger partial charge in [-0.05, 0) is 133 Å². The van der Waals surface area contributed by atoms with Crippen LogP contribution in [0.3, 0.4) is 0 Å². The zero-order valence-corrected chi connectivity index (χ0v) is 60.4. The Bertz CT molecular complexity index is 6190. The molecule has 2 aromatic heterocycles. The number of nitrogens with zero attached hydrogens (tertiary/aromatic N) is 7. The number of anilines is 3. The summed E-state index contributed by atoms with van der Waals surface area (Å²) in [6.45, 7) is 0.716. The van der Waals surface area contributed by atoms with Crippen LogP contribution in [0.2, 0.25) is 0 Å². The molecule has 14 rings (SSSR count). The summed E-state index contributed by atoms with van der Waals surface area (Å²) >= 11 is 0. The average molecular weight is 1530 g/mol. The lowest BCUT2D eigenvalue weighted by atomic mass is 9.89. The van der Waals surface area contributed by atoms with Crippen LogP contribution in [0.4, 0.5) is 23.0 Å². The van der Waals surface area contributed by atoms with E-state index in [0.717, 1.165) is 11.1 Å². The molecule has 556 valence electrons. The van der Waals surface area contributed by atoms with Crippen LogP contribution in [-0.2, 0) is 52.9 Å². The van der Waals surface area contributed by atoms with E-state index in [0.29, 0.717) is 72.4 Å². The van der Waals surface area contributed by atoms with Gasteiger partial charge in [0.25, 0.3) is 26.1 Å². The number of nitrogens with two attached hydrogens (primary N) is 1. The van der Waals surface area contributed by atoms with Crippen molar-refractivity contribution < 1.29 is 82.1 Å². The highest BCUT2D eigenvalue weighted by Crippen LogP contribution is 2.46. The molecule has 0 unspecified atom stereocenters. The van der Waals surface area contributed by atoms with Crippen molar-refractivity contribution in [2.45, 2.75) is 40.7 Å². The number of nitrogens with one attached hydrogen (secondary N) is 2. The Labute approximate surface area is 621 Å². The van der Waals surface area contributed by atoms with Crippen molar-refractivity contribution in [2.24, 2.45) is 5.92 Å². The van der Waals surface area contributed by atoms with Gasteiger partial charge in [0.05, 0.1) is 39.5 Å². The number of phenolic OH excluding ortho intramolecular Hbond substituents is 1. The summed E-state index contributed by atoms with van der Waals surface area (Å²) in [7, 11) is -9.61. The Morgan fingerprint density at radius 3 is 2.02 bits per heavy atom. The molecule has 1 saturated heterocycles. The van der Waals surface area contributed by atoms with Crippen LogP contribution in [0.25, 0.3) is 78.0 Å². The summed E-state index contributed by atoms with van der Waals surface area (Å²) in [5, 5.41) is 27.9. The number of imidazole rings is 1. The predicted octanol–water partition coefficient (Wildman–Crippen LogP) is 9.37. The number of rotatable bonds is 24. The van der Waals surface area contributed by atoms with Crippen molar-refractivity contribution in [3.8, 4) is 56.5 Å². The van der Waals surface area contributed by atoms with Gasteiger partial charge < -0.3 is 54.6 Å². The molecule has 3 aliphatic heterocycles. The third-order valence-electron chi connectivity index (χ3n) is 18.8. The number of piperidine rings is 1. The number of fused-ring (bicyclic) bond motifs is 5. The molecule has 29 nitrogen and oxygen atoms in total. The molecule has 0 saturated carbocycles. The van der Waals surface area contributed by atoms with E-state index in [1.165, 1.54) is 112 Å². The third-order valence-corrected chi connectivity index (χ3v) is 22.5. The lowest BCUT2D eigenvalue weighted by molar-refractivity contribution is -0.126. The van der Waals surface area contributed by atoms with Gasteiger partial charge in [0, 0.05) is 131 Å². The first-order valence-corrected chi connectivity index (χ1v) is 38.2. The molecule has 32 heteroatoms. The molecule has 7 aromatic carbocycles. The van der Waals surface area contributed by atoms with E-state index in [9.17, 15) is 55.3 Å². The zero-order valence-electron chi connectivity index (χ0n) is 58.0. The molecule has 5 aliphatic rings. The van der Waals surface area contributed by atoms with Gasteiger partial charge in [-0.15, -0.1) is 0 Å². The average Bonchev–Trinajstić information content (AvgIpc) is 1.14. The van der Waals surface area contributed by atoms with Crippen LogP contribution in [0, 0.1) is 5.92 Å². The fraction of sp³-hybridized carbons (Fsp3) is 0.169. The molecule has 0 radical (unpaired) electrons. The van der Waals surface area contributed by atoms with Crippen LogP contribution in [0.15, 0.2) is 223 Å². The predicted molar refractivity (Wildman–Crippen MR) is 401 cm³/mol. The molecule has 8 N–H and O–H groups in total. The van der Waals surface area contributed by atoms with Crippen LogP contribution in [0.5, 0.6) is 11.6 Å². The van der Waals surface area contributed by atoms with Crippen molar-refractivity contribution in [2.75, 3.05) is 64.2 Å². The van der Waals surface area contributed by atoms with Gasteiger partial charge in [-0.25, -0.2) is 18.2 Å². The van der Waals surface area contributed by atoms with Crippen molar-refractivity contribution in [3.05, 3.63) is 232 Å².